The third-order valence-electron chi connectivity index (χ3n) is 1.22. The molecule has 0 radical (unpaired) electrons. The fourth-order valence-corrected chi connectivity index (χ4v) is 0.689. The molecule has 1 aromatic heterocycles. The van der Waals surface area contributed by atoms with Crippen molar-refractivity contribution in [1.82, 2.24) is 4.98 Å². The third-order valence-corrected chi connectivity index (χ3v) is 1.22. The highest BCUT2D eigenvalue weighted by molar-refractivity contribution is 6.12. The fourth-order valence-electron chi connectivity index (χ4n) is 0.689. The van der Waals surface area contributed by atoms with E-state index in [0.717, 1.165) is 0 Å². The van der Waals surface area contributed by atoms with Crippen LogP contribution in [0.1, 0.15) is 5.56 Å². The molecular formula is C7H6N4. The first-order valence-electron chi connectivity index (χ1n) is 2.95. The van der Waals surface area contributed by atoms with Crippen LogP contribution in [0, 0.1) is 16.7 Å². The molecule has 0 fully saturated rings. The maximum absolute atomic E-state index is 8.35. The molecule has 0 aliphatic heterocycles. The molecule has 0 unspecified atom stereocenters. The lowest BCUT2D eigenvalue weighted by atomic mass is 10.2. The van der Waals surface area contributed by atoms with Crippen LogP contribution >= 0.6 is 0 Å². The number of hydrogen-bond donors (Lipinski definition) is 2. The number of anilines is 1. The second-order valence-electron chi connectivity index (χ2n) is 1.92. The SMILES string of the molecule is N#CC(=N)c1cccnc1N. The van der Waals surface area contributed by atoms with E-state index in [9.17, 15) is 0 Å². The van der Waals surface area contributed by atoms with Crippen LogP contribution in [0.3, 0.4) is 0 Å². The van der Waals surface area contributed by atoms with Crippen molar-refractivity contribution in [3.05, 3.63) is 23.9 Å². The van der Waals surface area contributed by atoms with Gasteiger partial charge in [-0.15, -0.1) is 0 Å². The van der Waals surface area contributed by atoms with E-state index in [1.807, 2.05) is 0 Å². The Morgan fingerprint density at radius 3 is 3.00 bits per heavy atom. The average Bonchev–Trinajstić information content (AvgIpc) is 2.04. The summed E-state index contributed by atoms with van der Waals surface area (Å²) in [7, 11) is 0. The van der Waals surface area contributed by atoms with Gasteiger partial charge in [0.25, 0.3) is 0 Å². The zero-order valence-electron chi connectivity index (χ0n) is 5.70. The highest BCUT2D eigenvalue weighted by Crippen LogP contribution is 2.06. The first kappa shape index (κ1) is 7.22. The number of rotatable bonds is 1. The highest BCUT2D eigenvalue weighted by Gasteiger charge is 2.03. The number of pyridine rings is 1. The summed E-state index contributed by atoms with van der Waals surface area (Å²) in [5, 5.41) is 15.5. The van der Waals surface area contributed by atoms with Crippen LogP contribution in [0.15, 0.2) is 18.3 Å². The second-order valence-corrected chi connectivity index (χ2v) is 1.92. The monoisotopic (exact) mass is 146 g/mol. The number of nitrogens with zero attached hydrogens (tertiary/aromatic N) is 2. The Labute approximate surface area is 63.8 Å². The molecule has 0 saturated carbocycles. The van der Waals surface area contributed by atoms with E-state index in [1.165, 1.54) is 6.20 Å². The number of nitrogens with two attached hydrogens (primary N) is 1. The van der Waals surface area contributed by atoms with Gasteiger partial charge in [0.1, 0.15) is 17.6 Å². The van der Waals surface area contributed by atoms with Gasteiger partial charge in [0, 0.05) is 6.20 Å². The lowest BCUT2D eigenvalue weighted by molar-refractivity contribution is 1.32. The van der Waals surface area contributed by atoms with Gasteiger partial charge >= 0.3 is 0 Å². The Balaban J connectivity index is 3.16. The molecule has 0 aromatic carbocycles. The van der Waals surface area contributed by atoms with Crippen molar-refractivity contribution in [2.24, 2.45) is 0 Å². The summed E-state index contributed by atoms with van der Waals surface area (Å²) in [6.07, 6.45) is 1.52. The predicted octanol–water partition coefficient (Wildman–Crippen LogP) is 0.555. The molecule has 0 amide bonds. The summed E-state index contributed by atoms with van der Waals surface area (Å²) >= 11 is 0. The van der Waals surface area contributed by atoms with Crippen molar-refractivity contribution >= 4 is 11.5 Å². The van der Waals surface area contributed by atoms with Crippen molar-refractivity contribution in [3.63, 3.8) is 0 Å². The molecule has 1 heterocycles. The van der Waals surface area contributed by atoms with Crippen LogP contribution in [0.5, 0.6) is 0 Å². The van der Waals surface area contributed by atoms with Gasteiger partial charge < -0.3 is 5.73 Å². The Kier molecular flexibility index (Phi) is 1.83. The van der Waals surface area contributed by atoms with Gasteiger partial charge in [0.05, 0.1) is 5.56 Å². The predicted molar refractivity (Wildman–Crippen MR) is 41.1 cm³/mol. The minimum absolute atomic E-state index is 0.157. The van der Waals surface area contributed by atoms with E-state index in [0.29, 0.717) is 5.56 Å². The summed E-state index contributed by atoms with van der Waals surface area (Å²) in [5.41, 5.74) is 5.62. The van der Waals surface area contributed by atoms with E-state index < -0.39 is 0 Å². The van der Waals surface area contributed by atoms with Gasteiger partial charge in [-0.1, -0.05) is 0 Å². The van der Waals surface area contributed by atoms with Crippen LogP contribution in [0.25, 0.3) is 0 Å². The van der Waals surface area contributed by atoms with Crippen LogP contribution in [-0.2, 0) is 0 Å². The first-order chi connectivity index (χ1) is 5.25. The van der Waals surface area contributed by atoms with Crippen molar-refractivity contribution in [3.8, 4) is 6.07 Å². The molecule has 54 valence electrons. The molecule has 1 rings (SSSR count). The minimum Gasteiger partial charge on any atom is -0.383 e. The Morgan fingerprint density at radius 2 is 2.45 bits per heavy atom. The number of nitriles is 1. The second kappa shape index (κ2) is 2.80. The van der Waals surface area contributed by atoms with Gasteiger partial charge in [-0.05, 0) is 12.1 Å². The van der Waals surface area contributed by atoms with Gasteiger partial charge in [-0.25, -0.2) is 4.98 Å². The summed E-state index contributed by atoms with van der Waals surface area (Å²) < 4.78 is 0. The first-order valence-corrected chi connectivity index (χ1v) is 2.95. The molecule has 3 N–H and O–H groups in total. The summed E-state index contributed by atoms with van der Waals surface area (Å²) in [6.45, 7) is 0. The lowest BCUT2D eigenvalue weighted by Crippen LogP contribution is -2.02. The van der Waals surface area contributed by atoms with Crippen molar-refractivity contribution < 1.29 is 0 Å². The normalized spacial score (nSPS) is 8.64. The molecule has 0 bridgehead atoms. The highest BCUT2D eigenvalue weighted by atomic mass is 14.8. The Morgan fingerprint density at radius 1 is 1.73 bits per heavy atom. The molecule has 0 spiro atoms. The van der Waals surface area contributed by atoms with Crippen LogP contribution in [0.2, 0.25) is 0 Å². The van der Waals surface area contributed by atoms with Crippen molar-refractivity contribution in [2.75, 3.05) is 5.73 Å². The average molecular weight is 146 g/mol. The Hall–Kier alpha value is -1.89. The van der Waals surface area contributed by atoms with Crippen LogP contribution < -0.4 is 5.73 Å². The smallest absolute Gasteiger partial charge is 0.143 e. The van der Waals surface area contributed by atoms with Gasteiger partial charge in [-0.3, -0.25) is 5.41 Å². The number of aromatic nitrogens is 1. The Bertz CT molecular complexity index is 323. The topological polar surface area (TPSA) is 86.5 Å². The lowest BCUT2D eigenvalue weighted by Gasteiger charge is -1.97. The quantitative estimate of drug-likeness (QED) is 0.567. The molecule has 1 aromatic rings. The van der Waals surface area contributed by atoms with E-state index in [1.54, 1.807) is 18.2 Å². The van der Waals surface area contributed by atoms with Gasteiger partial charge in [0.15, 0.2) is 0 Å². The molecule has 0 saturated heterocycles. The standard InChI is InChI=1S/C7H6N4/c8-4-6(9)5-2-1-3-11-7(5)10/h1-3,9H,(H2,10,11). The number of nitrogens with one attached hydrogen (secondary N) is 1. The molecule has 0 atom stereocenters. The van der Waals surface area contributed by atoms with Crippen molar-refractivity contribution in [2.45, 2.75) is 0 Å². The van der Waals surface area contributed by atoms with E-state index >= 15 is 0 Å². The van der Waals surface area contributed by atoms with E-state index in [-0.39, 0.29) is 11.5 Å². The molecule has 4 nitrogen and oxygen atoms in total. The summed E-state index contributed by atoms with van der Waals surface area (Å²) in [5.74, 6) is 0.221. The molecule has 0 aliphatic rings. The maximum atomic E-state index is 8.35. The van der Waals surface area contributed by atoms with E-state index in [2.05, 4.69) is 4.98 Å². The van der Waals surface area contributed by atoms with E-state index in [4.69, 9.17) is 16.4 Å². The van der Waals surface area contributed by atoms with Crippen LogP contribution in [-0.4, -0.2) is 10.7 Å². The minimum atomic E-state index is -0.157. The number of nitrogen functional groups attached to an aromatic ring is 1. The fraction of sp³-hybridized carbons (Fsp3) is 0. The molecular weight excluding hydrogens is 140 g/mol. The summed E-state index contributed by atoms with van der Waals surface area (Å²) in [4.78, 5) is 3.73. The zero-order valence-corrected chi connectivity index (χ0v) is 5.70. The maximum Gasteiger partial charge on any atom is 0.143 e. The van der Waals surface area contributed by atoms with Crippen LogP contribution in [0.4, 0.5) is 5.82 Å². The largest absolute Gasteiger partial charge is 0.383 e. The molecule has 0 aliphatic carbocycles. The summed E-state index contributed by atoms with van der Waals surface area (Å²) in [6, 6.07) is 4.91. The zero-order chi connectivity index (χ0) is 8.27. The molecule has 4 heteroatoms. The van der Waals surface area contributed by atoms with Gasteiger partial charge in [0.2, 0.25) is 0 Å². The van der Waals surface area contributed by atoms with Gasteiger partial charge in [-0.2, -0.15) is 5.26 Å². The molecule has 11 heavy (non-hydrogen) atoms. The van der Waals surface area contributed by atoms with Crippen molar-refractivity contribution in [1.29, 1.82) is 10.7 Å². The number of hydrogen-bond acceptors (Lipinski definition) is 4. The third kappa shape index (κ3) is 1.33.